The molecule has 0 spiro atoms. The van der Waals surface area contributed by atoms with Gasteiger partial charge >= 0.3 is 5.97 Å². The average Bonchev–Trinajstić information content (AvgIpc) is 3.01. The molecular weight excluding hydrogens is 366 g/mol. The predicted molar refractivity (Wildman–Crippen MR) is 96.6 cm³/mol. The molecule has 0 radical (unpaired) electrons. The number of esters is 1. The molecule has 9 heteroatoms. The Bertz CT molecular complexity index is 1110. The first-order valence-electron chi connectivity index (χ1n) is 9.08. The molecule has 4 aliphatic rings. The van der Waals surface area contributed by atoms with Crippen LogP contribution in [-0.2, 0) is 28.3 Å². The van der Waals surface area contributed by atoms with Crippen LogP contribution in [0.4, 0.5) is 0 Å². The number of rotatable bonds is 1. The first kappa shape index (κ1) is 17.1. The van der Waals surface area contributed by atoms with E-state index in [1.807, 2.05) is 12.2 Å². The summed E-state index contributed by atoms with van der Waals surface area (Å²) < 4.78 is 6.49. The molecule has 1 aromatic rings. The van der Waals surface area contributed by atoms with Crippen LogP contribution in [0.2, 0.25) is 0 Å². The van der Waals surface area contributed by atoms with E-state index >= 15 is 0 Å². The highest BCUT2D eigenvalue weighted by Gasteiger charge is 2.45. The van der Waals surface area contributed by atoms with Gasteiger partial charge in [0.15, 0.2) is 5.60 Å². The number of carbonyl (C=O) groups excluding carboxylic acids is 1. The number of dihydropyridines is 1. The number of carbonyl (C=O) groups is 1. The molecule has 28 heavy (non-hydrogen) atoms. The number of aliphatic hydroxyl groups is 1. The molecule has 9 nitrogen and oxygen atoms in total. The summed E-state index contributed by atoms with van der Waals surface area (Å²) in [5.74, 6) is -0.811. The quantitative estimate of drug-likeness (QED) is 0.430. The summed E-state index contributed by atoms with van der Waals surface area (Å²) in [4.78, 5) is 40.8. The second-order valence-electron chi connectivity index (χ2n) is 7.69. The highest BCUT2D eigenvalue weighted by Crippen LogP contribution is 2.36. The molecule has 1 aromatic heterocycles. The lowest BCUT2D eigenvalue weighted by molar-refractivity contribution is -0.525. The minimum absolute atomic E-state index is 0.188. The van der Waals surface area contributed by atoms with Gasteiger partial charge in [-0.25, -0.2) is 4.79 Å². The van der Waals surface area contributed by atoms with Crippen molar-refractivity contribution in [2.75, 3.05) is 0 Å². The van der Waals surface area contributed by atoms with Gasteiger partial charge in [-0.2, -0.15) is 0 Å². The number of allylic oxidation sites excluding steroid dienone is 2. The first-order valence-corrected chi connectivity index (χ1v) is 9.08. The van der Waals surface area contributed by atoms with Gasteiger partial charge in [-0.05, 0) is 36.6 Å². The molecule has 1 N–H and O–H groups in total. The summed E-state index contributed by atoms with van der Waals surface area (Å²) in [6, 6.07) is 0.197. The van der Waals surface area contributed by atoms with Gasteiger partial charge in [-0.3, -0.25) is 19.9 Å². The van der Waals surface area contributed by atoms with Crippen LogP contribution >= 0.6 is 0 Å². The predicted octanol–water partition coefficient (Wildman–Crippen LogP) is 0.589. The van der Waals surface area contributed by atoms with E-state index in [4.69, 9.17) is 4.74 Å². The van der Waals surface area contributed by atoms with Gasteiger partial charge in [-0.1, -0.05) is 6.08 Å². The summed E-state index contributed by atoms with van der Waals surface area (Å²) in [6.45, 7) is 1.40. The lowest BCUT2D eigenvalue weighted by Gasteiger charge is -2.29. The van der Waals surface area contributed by atoms with Crippen LogP contribution in [0.5, 0.6) is 0 Å². The zero-order chi connectivity index (χ0) is 19.8. The third-order valence-corrected chi connectivity index (χ3v) is 5.97. The lowest BCUT2D eigenvalue weighted by Crippen LogP contribution is -2.43. The second kappa shape index (κ2) is 5.48. The maximum Gasteiger partial charge on any atom is 0.342 e. The van der Waals surface area contributed by atoms with Crippen molar-refractivity contribution in [2.24, 2.45) is 4.99 Å². The number of fused-ring (bicyclic) bond motifs is 5. The topological polar surface area (TPSA) is 124 Å². The SMILES string of the molecule is CC1(O)C(=O)OCc2c1cc1n(c2=O)CC2=CC3=CCCC([N+](=O)[O-])C3N=C21. The number of hydrogen-bond donors (Lipinski definition) is 1. The van der Waals surface area contributed by atoms with Gasteiger partial charge in [0.25, 0.3) is 5.56 Å². The molecule has 3 atom stereocenters. The van der Waals surface area contributed by atoms with Gasteiger partial charge < -0.3 is 14.4 Å². The van der Waals surface area contributed by atoms with Gasteiger partial charge in [0.2, 0.25) is 6.04 Å². The van der Waals surface area contributed by atoms with Crippen LogP contribution in [0.1, 0.15) is 36.6 Å². The first-order chi connectivity index (χ1) is 13.3. The van der Waals surface area contributed by atoms with Crippen LogP contribution < -0.4 is 5.56 Å². The molecule has 3 unspecified atom stereocenters. The van der Waals surface area contributed by atoms with Crippen LogP contribution in [0.25, 0.3) is 0 Å². The number of cyclic esters (lactones) is 1. The Morgan fingerprint density at radius 3 is 2.96 bits per heavy atom. The van der Waals surface area contributed by atoms with Crippen molar-refractivity contribution < 1.29 is 19.6 Å². The van der Waals surface area contributed by atoms with Crippen molar-refractivity contribution in [3.8, 4) is 0 Å². The number of ether oxygens (including phenoxy) is 1. The molecule has 0 saturated heterocycles. The molecule has 0 saturated carbocycles. The van der Waals surface area contributed by atoms with Crippen molar-refractivity contribution >= 4 is 11.7 Å². The molecule has 0 amide bonds. The van der Waals surface area contributed by atoms with Gasteiger partial charge in [0.05, 0.1) is 23.5 Å². The zero-order valence-corrected chi connectivity index (χ0v) is 15.0. The Kier molecular flexibility index (Phi) is 3.34. The number of hydrogen-bond acceptors (Lipinski definition) is 7. The Morgan fingerprint density at radius 1 is 1.43 bits per heavy atom. The van der Waals surface area contributed by atoms with Crippen molar-refractivity contribution in [1.82, 2.24) is 4.57 Å². The van der Waals surface area contributed by atoms with Gasteiger partial charge in [0, 0.05) is 16.9 Å². The minimum atomic E-state index is -1.93. The van der Waals surface area contributed by atoms with Crippen LogP contribution in [0.15, 0.2) is 39.2 Å². The number of aliphatic imine (C=N–C) groups is 1. The Labute approximate surface area is 158 Å². The summed E-state index contributed by atoms with van der Waals surface area (Å²) in [6.07, 6.45) is 4.88. The molecule has 5 rings (SSSR count). The van der Waals surface area contributed by atoms with E-state index < -0.39 is 23.7 Å². The summed E-state index contributed by atoms with van der Waals surface area (Å²) in [5.41, 5.74) is 0.778. The summed E-state index contributed by atoms with van der Waals surface area (Å²) in [7, 11) is 0. The van der Waals surface area contributed by atoms with E-state index in [2.05, 4.69) is 4.99 Å². The van der Waals surface area contributed by atoms with E-state index in [-0.39, 0.29) is 28.2 Å². The zero-order valence-electron chi connectivity index (χ0n) is 15.0. The van der Waals surface area contributed by atoms with Crippen molar-refractivity contribution in [1.29, 1.82) is 0 Å². The summed E-state index contributed by atoms with van der Waals surface area (Å²) >= 11 is 0. The fourth-order valence-electron chi connectivity index (χ4n) is 4.46. The van der Waals surface area contributed by atoms with Crippen LogP contribution in [-0.4, -0.2) is 38.4 Å². The third-order valence-electron chi connectivity index (χ3n) is 5.97. The van der Waals surface area contributed by atoms with Crippen LogP contribution in [0, 0.1) is 10.1 Å². The van der Waals surface area contributed by atoms with Crippen LogP contribution in [0.3, 0.4) is 0 Å². The van der Waals surface area contributed by atoms with Crippen molar-refractivity contribution in [3.63, 3.8) is 0 Å². The second-order valence-corrected chi connectivity index (χ2v) is 7.69. The molecule has 3 aliphatic heterocycles. The molecular formula is C19H17N3O6. The fourth-order valence-corrected chi connectivity index (χ4v) is 4.46. The lowest BCUT2D eigenvalue weighted by atomic mass is 9.85. The third kappa shape index (κ3) is 2.13. The molecule has 0 fully saturated rings. The molecule has 1 aliphatic carbocycles. The molecule has 144 valence electrons. The molecule has 4 heterocycles. The maximum absolute atomic E-state index is 13.0. The highest BCUT2D eigenvalue weighted by molar-refractivity contribution is 6.15. The maximum atomic E-state index is 13.0. The normalized spacial score (nSPS) is 30.1. The number of pyridine rings is 1. The number of nitrogens with zero attached hydrogens (tertiary/aromatic N) is 3. The van der Waals surface area contributed by atoms with E-state index in [0.717, 1.165) is 11.1 Å². The Hall–Kier alpha value is -3.07. The van der Waals surface area contributed by atoms with E-state index in [9.17, 15) is 24.8 Å². The van der Waals surface area contributed by atoms with Crippen molar-refractivity contribution in [3.05, 3.63) is 66.7 Å². The van der Waals surface area contributed by atoms with Gasteiger partial charge in [-0.15, -0.1) is 0 Å². The van der Waals surface area contributed by atoms with Gasteiger partial charge in [0.1, 0.15) is 12.6 Å². The average molecular weight is 383 g/mol. The minimum Gasteiger partial charge on any atom is -0.458 e. The monoisotopic (exact) mass is 383 g/mol. The number of aromatic nitrogens is 1. The Balaban J connectivity index is 1.70. The Morgan fingerprint density at radius 2 is 2.21 bits per heavy atom. The van der Waals surface area contributed by atoms with E-state index in [1.165, 1.54) is 11.5 Å². The standard InChI is InChI=1S/C19H17N3O6/c1-19(25)12-6-14-16-10(7-21(14)17(23)11(12)8-28-18(19)24)5-9-3-2-4-13(22(26)27)15(9)20-16/h3,5-6,13,15,25H,2,4,7-8H2,1H3. The molecule has 0 bridgehead atoms. The highest BCUT2D eigenvalue weighted by atomic mass is 16.6. The summed E-state index contributed by atoms with van der Waals surface area (Å²) in [5, 5.41) is 22.0. The van der Waals surface area contributed by atoms with E-state index in [1.54, 1.807) is 6.07 Å². The number of nitro groups is 1. The molecule has 0 aromatic carbocycles. The van der Waals surface area contributed by atoms with Crippen molar-refractivity contribution in [2.45, 2.75) is 50.6 Å². The fraction of sp³-hybridized carbons (Fsp3) is 0.421. The largest absolute Gasteiger partial charge is 0.458 e. The smallest absolute Gasteiger partial charge is 0.342 e. The van der Waals surface area contributed by atoms with E-state index in [0.29, 0.717) is 30.8 Å².